The molecule has 31 heavy (non-hydrogen) atoms. The van der Waals surface area contributed by atoms with Crippen molar-refractivity contribution < 1.29 is 23.4 Å². The minimum absolute atomic E-state index is 0.111. The Balaban J connectivity index is 1.82. The van der Waals surface area contributed by atoms with Gasteiger partial charge in [-0.1, -0.05) is 39.0 Å². The van der Waals surface area contributed by atoms with Gasteiger partial charge in [-0.05, 0) is 49.9 Å². The highest BCUT2D eigenvalue weighted by atomic mass is 16.6. The van der Waals surface area contributed by atoms with Crippen molar-refractivity contribution in [3.05, 3.63) is 64.5 Å². The van der Waals surface area contributed by atoms with E-state index in [0.29, 0.717) is 22.5 Å². The number of para-hydroxylation sites is 1. The predicted molar refractivity (Wildman–Crippen MR) is 119 cm³/mol. The molecule has 0 unspecified atom stereocenters. The molecule has 6 heteroatoms. The second kappa shape index (κ2) is 9.69. The molecule has 0 saturated carbocycles. The number of ether oxygens (including phenoxy) is 3. The molecule has 2 atom stereocenters. The fourth-order valence-electron chi connectivity index (χ4n) is 3.03. The van der Waals surface area contributed by atoms with Gasteiger partial charge in [0.05, 0.1) is 11.5 Å². The van der Waals surface area contributed by atoms with Crippen LogP contribution in [0.1, 0.15) is 52.5 Å². The Morgan fingerprint density at radius 2 is 1.77 bits per heavy atom. The molecule has 6 nitrogen and oxygen atoms in total. The third-order valence-corrected chi connectivity index (χ3v) is 5.01. The maximum atomic E-state index is 12.9. The first kappa shape index (κ1) is 22.4. The number of carbonyl (C=O) groups excluding carboxylic acids is 1. The standard InChI is InChI=1S/C25H28O6/c1-6-16(4)29-25(27)17(5)30-18-11-12-20-22(13-18)28-14-23(24(20)26)31-21-10-8-7-9-19(21)15(2)3/h7-17H,6H2,1-5H3/t16-,17+/m0/s1. The van der Waals surface area contributed by atoms with E-state index in [4.69, 9.17) is 18.6 Å². The van der Waals surface area contributed by atoms with Gasteiger partial charge in [0, 0.05) is 6.07 Å². The molecule has 0 bridgehead atoms. The molecule has 1 heterocycles. The number of rotatable bonds is 8. The van der Waals surface area contributed by atoms with E-state index in [-0.39, 0.29) is 23.2 Å². The Morgan fingerprint density at radius 3 is 2.48 bits per heavy atom. The Bertz CT molecular complexity index is 1110. The van der Waals surface area contributed by atoms with Crippen molar-refractivity contribution in [1.29, 1.82) is 0 Å². The highest BCUT2D eigenvalue weighted by molar-refractivity contribution is 5.79. The topological polar surface area (TPSA) is 75.0 Å². The van der Waals surface area contributed by atoms with Gasteiger partial charge in [0.2, 0.25) is 11.2 Å². The molecule has 0 N–H and O–H groups in total. The minimum atomic E-state index is -0.784. The van der Waals surface area contributed by atoms with Crippen molar-refractivity contribution >= 4 is 16.9 Å². The van der Waals surface area contributed by atoms with Crippen molar-refractivity contribution in [2.75, 3.05) is 0 Å². The van der Waals surface area contributed by atoms with Crippen LogP contribution in [0.25, 0.3) is 11.0 Å². The van der Waals surface area contributed by atoms with Gasteiger partial charge in [-0.3, -0.25) is 4.79 Å². The molecule has 3 aromatic rings. The molecule has 0 fully saturated rings. The van der Waals surface area contributed by atoms with Crippen molar-refractivity contribution in [3.8, 4) is 17.2 Å². The Hall–Kier alpha value is -3.28. The number of benzene rings is 2. The van der Waals surface area contributed by atoms with Crippen molar-refractivity contribution in [1.82, 2.24) is 0 Å². The van der Waals surface area contributed by atoms with E-state index in [1.54, 1.807) is 25.1 Å². The third-order valence-electron chi connectivity index (χ3n) is 5.01. The van der Waals surface area contributed by atoms with Crippen LogP contribution in [0.2, 0.25) is 0 Å². The van der Waals surface area contributed by atoms with Gasteiger partial charge in [0.15, 0.2) is 6.10 Å². The lowest BCUT2D eigenvalue weighted by Gasteiger charge is -2.17. The molecule has 0 aliphatic carbocycles. The van der Waals surface area contributed by atoms with Gasteiger partial charge >= 0.3 is 5.97 Å². The van der Waals surface area contributed by atoms with E-state index in [9.17, 15) is 9.59 Å². The van der Waals surface area contributed by atoms with Gasteiger partial charge in [0.1, 0.15) is 23.3 Å². The van der Waals surface area contributed by atoms with Gasteiger partial charge in [-0.2, -0.15) is 0 Å². The summed E-state index contributed by atoms with van der Waals surface area (Å²) in [6.45, 7) is 9.51. The fourth-order valence-corrected chi connectivity index (χ4v) is 3.03. The summed E-state index contributed by atoms with van der Waals surface area (Å²) in [6, 6.07) is 12.4. The Kier molecular flexibility index (Phi) is 7.00. The zero-order valence-electron chi connectivity index (χ0n) is 18.5. The van der Waals surface area contributed by atoms with Crippen LogP contribution in [0.3, 0.4) is 0 Å². The van der Waals surface area contributed by atoms with Crippen LogP contribution in [0.15, 0.2) is 57.9 Å². The fraction of sp³-hybridized carbons (Fsp3) is 0.360. The van der Waals surface area contributed by atoms with Crippen LogP contribution in [-0.4, -0.2) is 18.2 Å². The van der Waals surface area contributed by atoms with E-state index in [1.807, 2.05) is 38.1 Å². The largest absolute Gasteiger partial charge is 0.479 e. The quantitative estimate of drug-likeness (QED) is 0.424. The molecule has 3 rings (SSSR count). The van der Waals surface area contributed by atoms with Crippen LogP contribution in [-0.2, 0) is 9.53 Å². The smallest absolute Gasteiger partial charge is 0.347 e. The van der Waals surface area contributed by atoms with E-state index < -0.39 is 12.1 Å². The number of hydrogen-bond acceptors (Lipinski definition) is 6. The molecule has 0 amide bonds. The maximum Gasteiger partial charge on any atom is 0.347 e. The summed E-state index contributed by atoms with van der Waals surface area (Å²) >= 11 is 0. The second-order valence-corrected chi connectivity index (χ2v) is 7.80. The van der Waals surface area contributed by atoms with Gasteiger partial charge in [-0.15, -0.1) is 0 Å². The SMILES string of the molecule is CC[C@H](C)OC(=O)[C@@H](C)Oc1ccc2c(=O)c(Oc3ccccc3C(C)C)coc2c1. The lowest BCUT2D eigenvalue weighted by Crippen LogP contribution is -2.29. The number of carbonyl (C=O) groups is 1. The summed E-state index contributed by atoms with van der Waals surface area (Å²) in [5.74, 6) is 0.946. The lowest BCUT2D eigenvalue weighted by molar-refractivity contribution is -0.155. The van der Waals surface area contributed by atoms with E-state index in [2.05, 4.69) is 13.8 Å². The van der Waals surface area contributed by atoms with E-state index >= 15 is 0 Å². The molecular weight excluding hydrogens is 396 g/mol. The summed E-state index contributed by atoms with van der Waals surface area (Å²) in [5, 5.41) is 0.363. The molecule has 164 valence electrons. The molecule has 0 aliphatic heterocycles. The summed E-state index contributed by atoms with van der Waals surface area (Å²) < 4.78 is 22.5. The van der Waals surface area contributed by atoms with Crippen molar-refractivity contribution in [2.45, 2.75) is 59.2 Å². The molecule has 0 radical (unpaired) electrons. The summed E-state index contributed by atoms with van der Waals surface area (Å²) in [5.41, 5.74) is 1.06. The Labute approximate surface area is 181 Å². The lowest BCUT2D eigenvalue weighted by atomic mass is 10.0. The summed E-state index contributed by atoms with van der Waals surface area (Å²) in [4.78, 5) is 25.0. The first-order valence-electron chi connectivity index (χ1n) is 10.5. The zero-order valence-corrected chi connectivity index (χ0v) is 18.5. The monoisotopic (exact) mass is 424 g/mol. The number of fused-ring (bicyclic) bond motifs is 1. The predicted octanol–water partition coefficient (Wildman–Crippen LogP) is 5.82. The minimum Gasteiger partial charge on any atom is -0.479 e. The molecule has 0 spiro atoms. The van der Waals surface area contributed by atoms with Crippen LogP contribution in [0.4, 0.5) is 0 Å². The summed E-state index contributed by atoms with van der Waals surface area (Å²) in [6.07, 6.45) is 1.07. The molecule has 0 aliphatic rings. The third kappa shape index (κ3) is 5.26. The van der Waals surface area contributed by atoms with Gasteiger partial charge < -0.3 is 18.6 Å². The van der Waals surface area contributed by atoms with Crippen LogP contribution in [0.5, 0.6) is 17.2 Å². The Morgan fingerprint density at radius 1 is 1.03 bits per heavy atom. The van der Waals surface area contributed by atoms with Crippen molar-refractivity contribution in [2.24, 2.45) is 0 Å². The molecular formula is C25H28O6. The highest BCUT2D eigenvalue weighted by Crippen LogP contribution is 2.30. The van der Waals surface area contributed by atoms with Crippen molar-refractivity contribution in [3.63, 3.8) is 0 Å². The first-order valence-corrected chi connectivity index (χ1v) is 10.5. The second-order valence-electron chi connectivity index (χ2n) is 7.80. The highest BCUT2D eigenvalue weighted by Gasteiger charge is 2.19. The molecule has 2 aromatic carbocycles. The van der Waals surface area contributed by atoms with Gasteiger partial charge in [-0.25, -0.2) is 4.79 Å². The first-order chi connectivity index (χ1) is 14.8. The summed E-state index contributed by atoms with van der Waals surface area (Å²) in [7, 11) is 0. The molecule has 1 aromatic heterocycles. The van der Waals surface area contributed by atoms with E-state index in [0.717, 1.165) is 12.0 Å². The molecule has 0 saturated heterocycles. The van der Waals surface area contributed by atoms with Crippen LogP contribution in [0, 0.1) is 0 Å². The number of hydrogen-bond donors (Lipinski definition) is 0. The van der Waals surface area contributed by atoms with Crippen LogP contribution >= 0.6 is 0 Å². The van der Waals surface area contributed by atoms with E-state index in [1.165, 1.54) is 6.26 Å². The van der Waals surface area contributed by atoms with Gasteiger partial charge in [0.25, 0.3) is 0 Å². The van der Waals surface area contributed by atoms with Crippen LogP contribution < -0.4 is 14.9 Å². The number of esters is 1. The zero-order chi connectivity index (χ0) is 22.5. The average molecular weight is 424 g/mol. The normalized spacial score (nSPS) is 13.1. The maximum absolute atomic E-state index is 12.9. The average Bonchev–Trinajstić information content (AvgIpc) is 2.75.